The number of hydrogen-bond acceptors (Lipinski definition) is 4. The van der Waals surface area contributed by atoms with E-state index in [0.29, 0.717) is 23.5 Å². The fourth-order valence-corrected chi connectivity index (χ4v) is 2.07. The molecule has 1 aromatic heterocycles. The maximum atomic E-state index is 11.6. The topological polar surface area (TPSA) is 73.3 Å². The van der Waals surface area contributed by atoms with E-state index < -0.39 is 4.92 Å². The van der Waals surface area contributed by atoms with Gasteiger partial charge in [-0.3, -0.25) is 14.9 Å². The van der Waals surface area contributed by atoms with E-state index in [4.69, 9.17) is 4.42 Å². The number of aryl methyl sites for hydroxylation is 2. The van der Waals surface area contributed by atoms with Gasteiger partial charge in [0.15, 0.2) is 11.5 Å². The third-order valence-corrected chi connectivity index (χ3v) is 3.21. The fourth-order valence-electron chi connectivity index (χ4n) is 2.07. The van der Waals surface area contributed by atoms with E-state index in [2.05, 4.69) is 0 Å². The first-order chi connectivity index (χ1) is 9.43. The Balaban J connectivity index is 2.48. The Morgan fingerprint density at radius 1 is 1.25 bits per heavy atom. The molecule has 5 nitrogen and oxygen atoms in total. The van der Waals surface area contributed by atoms with Crippen LogP contribution in [0.5, 0.6) is 0 Å². The molecule has 0 aliphatic heterocycles. The smallest absolute Gasteiger partial charge is 0.272 e. The summed E-state index contributed by atoms with van der Waals surface area (Å²) in [5.74, 6) is 0.808. The molecule has 0 bridgehead atoms. The molecule has 104 valence electrons. The number of nitro groups is 1. The Kier molecular flexibility index (Phi) is 3.70. The van der Waals surface area contributed by atoms with Gasteiger partial charge in [-0.2, -0.15) is 0 Å². The van der Waals surface area contributed by atoms with Gasteiger partial charge < -0.3 is 4.42 Å². The van der Waals surface area contributed by atoms with Gasteiger partial charge >= 0.3 is 0 Å². The van der Waals surface area contributed by atoms with E-state index in [1.807, 2.05) is 0 Å². The van der Waals surface area contributed by atoms with E-state index in [1.54, 1.807) is 39.0 Å². The van der Waals surface area contributed by atoms with Crippen molar-refractivity contribution in [2.24, 2.45) is 0 Å². The number of furan rings is 1. The number of Topliss-reactive ketones (excluding diaryl/α,β-unsaturated/α-hetero) is 1. The van der Waals surface area contributed by atoms with Gasteiger partial charge in [0, 0.05) is 23.6 Å². The molecule has 0 radical (unpaired) electrons. The maximum Gasteiger partial charge on any atom is 0.272 e. The van der Waals surface area contributed by atoms with Crippen molar-refractivity contribution in [1.82, 2.24) is 0 Å². The minimum absolute atomic E-state index is 0.0625. The van der Waals surface area contributed by atoms with Gasteiger partial charge in [-0.1, -0.05) is 6.92 Å². The summed E-state index contributed by atoms with van der Waals surface area (Å²) in [5, 5.41) is 10.9. The zero-order valence-corrected chi connectivity index (χ0v) is 11.6. The van der Waals surface area contributed by atoms with Crippen LogP contribution in [0.3, 0.4) is 0 Å². The third kappa shape index (κ3) is 2.47. The van der Waals surface area contributed by atoms with E-state index in [9.17, 15) is 14.9 Å². The van der Waals surface area contributed by atoms with Crippen LogP contribution in [0.15, 0.2) is 28.7 Å². The molecule has 0 unspecified atom stereocenters. The lowest BCUT2D eigenvalue weighted by Crippen LogP contribution is -1.94. The molecule has 0 aliphatic rings. The van der Waals surface area contributed by atoms with Crippen molar-refractivity contribution in [3.05, 3.63) is 51.3 Å². The lowest BCUT2D eigenvalue weighted by molar-refractivity contribution is -0.385. The van der Waals surface area contributed by atoms with Crippen LogP contribution in [0, 0.1) is 24.0 Å². The number of carbonyl (C=O) groups excluding carboxylic acids is 1. The van der Waals surface area contributed by atoms with Gasteiger partial charge in [0.1, 0.15) is 5.76 Å². The van der Waals surface area contributed by atoms with Crippen LogP contribution in [0.25, 0.3) is 11.3 Å². The van der Waals surface area contributed by atoms with Crippen LogP contribution in [0.1, 0.15) is 35.0 Å². The lowest BCUT2D eigenvalue weighted by Gasteiger charge is -2.05. The Morgan fingerprint density at radius 3 is 2.55 bits per heavy atom. The largest absolute Gasteiger partial charge is 0.453 e. The summed E-state index contributed by atoms with van der Waals surface area (Å²) in [5.41, 5.74) is 2.16. The van der Waals surface area contributed by atoms with Crippen LogP contribution in [-0.2, 0) is 0 Å². The predicted molar refractivity (Wildman–Crippen MR) is 74.9 cm³/mol. The number of rotatable bonds is 4. The molecule has 2 aromatic rings. The Hall–Kier alpha value is -2.43. The Morgan fingerprint density at radius 2 is 1.95 bits per heavy atom. The second kappa shape index (κ2) is 5.28. The molecule has 5 heteroatoms. The molecule has 0 atom stereocenters. The monoisotopic (exact) mass is 273 g/mol. The molecule has 0 spiro atoms. The predicted octanol–water partition coefficient (Wildman–Crippen LogP) is 4.06. The highest BCUT2D eigenvalue weighted by atomic mass is 16.6. The van der Waals surface area contributed by atoms with Gasteiger partial charge in [-0.25, -0.2) is 0 Å². The minimum Gasteiger partial charge on any atom is -0.453 e. The summed E-state index contributed by atoms with van der Waals surface area (Å²) >= 11 is 0. The molecule has 0 aliphatic carbocycles. The highest BCUT2D eigenvalue weighted by molar-refractivity contribution is 5.93. The zero-order valence-electron chi connectivity index (χ0n) is 11.6. The summed E-state index contributed by atoms with van der Waals surface area (Å²) in [4.78, 5) is 22.1. The molecule has 2 rings (SSSR count). The molecule has 0 saturated heterocycles. The van der Waals surface area contributed by atoms with Crippen LogP contribution in [-0.4, -0.2) is 10.7 Å². The average molecular weight is 273 g/mol. The lowest BCUT2D eigenvalue weighted by atomic mass is 10.0. The summed E-state index contributed by atoms with van der Waals surface area (Å²) in [6.45, 7) is 5.24. The quantitative estimate of drug-likeness (QED) is 0.478. The van der Waals surface area contributed by atoms with Crippen molar-refractivity contribution in [3.8, 4) is 11.3 Å². The molecule has 0 amide bonds. The maximum absolute atomic E-state index is 11.6. The average Bonchev–Trinajstić information content (AvgIpc) is 2.89. The number of ketones is 1. The van der Waals surface area contributed by atoms with Crippen molar-refractivity contribution >= 4 is 11.5 Å². The van der Waals surface area contributed by atoms with Crippen molar-refractivity contribution in [3.63, 3.8) is 0 Å². The van der Waals surface area contributed by atoms with E-state index in [1.165, 1.54) is 6.07 Å². The number of hydrogen-bond donors (Lipinski definition) is 0. The first kappa shape index (κ1) is 14.0. The zero-order chi connectivity index (χ0) is 14.9. The highest BCUT2D eigenvalue weighted by Crippen LogP contribution is 2.31. The molecule has 0 saturated carbocycles. The normalized spacial score (nSPS) is 10.6. The summed E-state index contributed by atoms with van der Waals surface area (Å²) in [6, 6.07) is 6.59. The summed E-state index contributed by atoms with van der Waals surface area (Å²) in [6.07, 6.45) is 0.380. The first-order valence-corrected chi connectivity index (χ1v) is 6.33. The second-order valence-electron chi connectivity index (χ2n) is 4.65. The molecular weight excluding hydrogens is 258 g/mol. The van der Waals surface area contributed by atoms with Gasteiger partial charge in [-0.05, 0) is 37.6 Å². The number of carbonyl (C=O) groups is 1. The number of benzene rings is 1. The Labute approximate surface area is 116 Å². The minimum atomic E-state index is -0.402. The Bertz CT molecular complexity index is 685. The van der Waals surface area contributed by atoms with E-state index in [-0.39, 0.29) is 11.5 Å². The van der Waals surface area contributed by atoms with Gasteiger partial charge in [0.05, 0.1) is 4.92 Å². The highest BCUT2D eigenvalue weighted by Gasteiger charge is 2.17. The molecule has 0 N–H and O–H groups in total. The van der Waals surface area contributed by atoms with Gasteiger partial charge in [0.2, 0.25) is 0 Å². The van der Waals surface area contributed by atoms with E-state index >= 15 is 0 Å². The molecular formula is C15H15NO4. The van der Waals surface area contributed by atoms with Gasteiger partial charge in [0.25, 0.3) is 5.69 Å². The molecule has 20 heavy (non-hydrogen) atoms. The first-order valence-electron chi connectivity index (χ1n) is 6.33. The summed E-state index contributed by atoms with van der Waals surface area (Å²) < 4.78 is 5.54. The number of nitro benzene ring substituents is 1. The van der Waals surface area contributed by atoms with Crippen molar-refractivity contribution in [2.45, 2.75) is 27.2 Å². The number of nitrogens with zero attached hydrogens (tertiary/aromatic N) is 1. The van der Waals surface area contributed by atoms with Crippen LogP contribution < -0.4 is 0 Å². The van der Waals surface area contributed by atoms with Crippen LogP contribution >= 0.6 is 0 Å². The second-order valence-corrected chi connectivity index (χ2v) is 4.65. The van der Waals surface area contributed by atoms with Crippen molar-refractivity contribution in [1.29, 1.82) is 0 Å². The summed E-state index contributed by atoms with van der Waals surface area (Å²) in [7, 11) is 0. The van der Waals surface area contributed by atoms with Crippen LogP contribution in [0.2, 0.25) is 0 Å². The molecule has 1 aromatic carbocycles. The SMILES string of the molecule is CCC(=O)c1ccc(-c2cc(C)c([N+](=O)[O-])cc2C)o1. The van der Waals surface area contributed by atoms with Crippen molar-refractivity contribution in [2.75, 3.05) is 0 Å². The van der Waals surface area contributed by atoms with Gasteiger partial charge in [-0.15, -0.1) is 0 Å². The van der Waals surface area contributed by atoms with Crippen LogP contribution in [0.4, 0.5) is 5.69 Å². The van der Waals surface area contributed by atoms with Crippen molar-refractivity contribution < 1.29 is 14.1 Å². The third-order valence-electron chi connectivity index (χ3n) is 3.21. The van der Waals surface area contributed by atoms with E-state index in [0.717, 1.165) is 11.1 Å². The standard InChI is InChI=1S/C15H15NO4/c1-4-13(17)15-6-5-14(20-15)11-7-10(3)12(16(18)19)8-9(11)2/h5-8H,4H2,1-3H3. The fraction of sp³-hybridized carbons (Fsp3) is 0.267. The molecule has 0 fully saturated rings. The molecule has 1 heterocycles.